The van der Waals surface area contributed by atoms with Crippen molar-refractivity contribution in [3.05, 3.63) is 146 Å². The van der Waals surface area contributed by atoms with Crippen LogP contribution in [0.1, 0.15) is 0 Å². The first-order valence-corrected chi connectivity index (χ1v) is 14.4. The Morgan fingerprint density at radius 3 is 1.49 bits per heavy atom. The Morgan fingerprint density at radius 1 is 0.359 bits per heavy atom. The van der Waals surface area contributed by atoms with Crippen LogP contribution < -0.4 is 0 Å². The molecule has 1 heterocycles. The van der Waals surface area contributed by atoms with Gasteiger partial charge in [-0.1, -0.05) is 133 Å². The van der Waals surface area contributed by atoms with Gasteiger partial charge in [-0.25, -0.2) is 8.42 Å². The van der Waals surface area contributed by atoms with Gasteiger partial charge < -0.3 is 0 Å². The van der Waals surface area contributed by atoms with Crippen molar-refractivity contribution in [1.29, 1.82) is 0 Å². The second-order valence-electron chi connectivity index (χ2n) is 9.72. The fraction of sp³-hybridized carbons (Fsp3) is 0. The summed E-state index contributed by atoms with van der Waals surface area (Å²) in [7, 11) is -3.62. The number of fused-ring (bicyclic) bond motifs is 3. The monoisotopic (exact) mass is 520 g/mol. The van der Waals surface area contributed by atoms with Crippen LogP contribution >= 0.6 is 0 Å². The summed E-state index contributed by atoms with van der Waals surface area (Å²) in [6, 6.07) is 48.5. The highest BCUT2D eigenvalue weighted by atomic mass is 32.2. The molecule has 0 saturated heterocycles. The van der Waals surface area contributed by atoms with Crippen molar-refractivity contribution in [1.82, 2.24) is 0 Å². The number of hydrogen-bond acceptors (Lipinski definition) is 2. The molecule has 1 aliphatic rings. The van der Waals surface area contributed by atoms with Gasteiger partial charge in [-0.3, -0.25) is 0 Å². The molecule has 6 aromatic rings. The molecule has 0 saturated carbocycles. The first-order valence-electron chi connectivity index (χ1n) is 12.9. The molecule has 0 fully saturated rings. The van der Waals surface area contributed by atoms with Crippen LogP contribution in [0.4, 0.5) is 0 Å². The van der Waals surface area contributed by atoms with E-state index >= 15 is 0 Å². The van der Waals surface area contributed by atoms with E-state index in [-0.39, 0.29) is 0 Å². The van der Waals surface area contributed by atoms with E-state index < -0.39 is 9.84 Å². The van der Waals surface area contributed by atoms with Gasteiger partial charge in [-0.05, 0) is 51.1 Å². The summed E-state index contributed by atoms with van der Waals surface area (Å²) in [6.45, 7) is 0. The van der Waals surface area contributed by atoms with E-state index in [1.807, 2.05) is 54.6 Å². The Labute approximate surface area is 228 Å². The second kappa shape index (κ2) is 9.23. The Kier molecular flexibility index (Phi) is 5.54. The summed E-state index contributed by atoms with van der Waals surface area (Å²) >= 11 is 0. The topological polar surface area (TPSA) is 34.1 Å². The summed E-state index contributed by atoms with van der Waals surface area (Å²) in [6.07, 6.45) is 0. The van der Waals surface area contributed by atoms with Gasteiger partial charge in [0, 0.05) is 16.7 Å². The van der Waals surface area contributed by atoms with E-state index in [2.05, 4.69) is 78.9 Å². The largest absolute Gasteiger partial charge is 0.218 e. The highest BCUT2D eigenvalue weighted by Crippen LogP contribution is 2.48. The first kappa shape index (κ1) is 23.4. The molecule has 0 radical (unpaired) electrons. The SMILES string of the molecule is O=S1(=O)c2ccccc2-c2cccc(-c3cccc(-c4c(-c5ccccc5)cccc4-c4ccccc4)c3)c21. The van der Waals surface area contributed by atoms with E-state index in [0.717, 1.165) is 55.6 Å². The number of benzene rings is 6. The molecule has 6 aromatic carbocycles. The van der Waals surface area contributed by atoms with Crippen LogP contribution in [-0.2, 0) is 9.84 Å². The van der Waals surface area contributed by atoms with E-state index in [1.165, 1.54) is 0 Å². The Balaban J connectivity index is 1.47. The molecule has 39 heavy (non-hydrogen) atoms. The minimum absolute atomic E-state index is 0.379. The van der Waals surface area contributed by atoms with Crippen LogP contribution in [0.2, 0.25) is 0 Å². The molecule has 0 N–H and O–H groups in total. The molecular weight excluding hydrogens is 496 g/mol. The minimum Gasteiger partial charge on any atom is -0.218 e. The molecule has 1 aliphatic heterocycles. The smallest absolute Gasteiger partial charge is 0.208 e. The van der Waals surface area contributed by atoms with Crippen LogP contribution in [0.5, 0.6) is 0 Å². The lowest BCUT2D eigenvalue weighted by molar-refractivity contribution is 0.599. The van der Waals surface area contributed by atoms with Crippen LogP contribution in [0, 0.1) is 0 Å². The quantitative estimate of drug-likeness (QED) is 0.232. The van der Waals surface area contributed by atoms with Crippen molar-refractivity contribution in [2.24, 2.45) is 0 Å². The van der Waals surface area contributed by atoms with Crippen molar-refractivity contribution in [3.63, 3.8) is 0 Å². The van der Waals surface area contributed by atoms with Crippen LogP contribution in [0.3, 0.4) is 0 Å². The molecule has 0 amide bonds. The lowest BCUT2D eigenvalue weighted by Gasteiger charge is -2.17. The second-order valence-corrected chi connectivity index (χ2v) is 11.6. The third-order valence-corrected chi connectivity index (χ3v) is 9.36. The van der Waals surface area contributed by atoms with Gasteiger partial charge in [-0.15, -0.1) is 0 Å². The first-order chi connectivity index (χ1) is 19.1. The van der Waals surface area contributed by atoms with Crippen LogP contribution in [0.25, 0.3) is 55.6 Å². The molecule has 0 bridgehead atoms. The summed E-state index contributed by atoms with van der Waals surface area (Å²) in [5.41, 5.74) is 9.83. The predicted octanol–water partition coefficient (Wildman–Crippen LogP) is 9.17. The van der Waals surface area contributed by atoms with Crippen molar-refractivity contribution < 1.29 is 8.42 Å². The summed E-state index contributed by atoms with van der Waals surface area (Å²) in [5.74, 6) is 0. The van der Waals surface area contributed by atoms with Crippen molar-refractivity contribution in [2.75, 3.05) is 0 Å². The molecule has 0 spiro atoms. The fourth-order valence-electron chi connectivity index (χ4n) is 5.72. The van der Waals surface area contributed by atoms with Crippen LogP contribution in [-0.4, -0.2) is 8.42 Å². The molecule has 0 atom stereocenters. The van der Waals surface area contributed by atoms with Gasteiger partial charge in [0.1, 0.15) is 0 Å². The lowest BCUT2D eigenvalue weighted by Crippen LogP contribution is -1.99. The molecule has 3 heteroatoms. The molecule has 0 unspecified atom stereocenters. The zero-order chi connectivity index (χ0) is 26.4. The molecule has 7 rings (SSSR count). The van der Waals surface area contributed by atoms with E-state index in [1.54, 1.807) is 12.1 Å². The standard InChI is InChI=1S/C36H24O2S/c37-39(38)34-23-8-7-18-32(34)33-22-11-21-31(36(33)39)27-16-9-17-28(24-27)35-29(25-12-3-1-4-13-25)19-10-20-30(35)26-14-5-2-6-15-26/h1-24H. The number of rotatable bonds is 4. The Bertz CT molecular complexity index is 1900. The third kappa shape index (κ3) is 3.82. The summed E-state index contributed by atoms with van der Waals surface area (Å²) in [4.78, 5) is 0.771. The summed E-state index contributed by atoms with van der Waals surface area (Å²) < 4.78 is 27.4. The molecule has 0 aromatic heterocycles. The molecule has 2 nitrogen and oxygen atoms in total. The molecule has 186 valence electrons. The molecule has 0 aliphatic carbocycles. The normalized spacial score (nSPS) is 13.0. The third-order valence-electron chi connectivity index (χ3n) is 7.45. The number of sulfone groups is 1. The highest BCUT2D eigenvalue weighted by molar-refractivity contribution is 7.92. The van der Waals surface area contributed by atoms with Gasteiger partial charge in [0.05, 0.1) is 9.79 Å². The highest BCUT2D eigenvalue weighted by Gasteiger charge is 2.35. The minimum atomic E-state index is -3.62. The van der Waals surface area contributed by atoms with Crippen molar-refractivity contribution in [2.45, 2.75) is 9.79 Å². The Hall–Kier alpha value is -4.73. The predicted molar refractivity (Wildman–Crippen MR) is 159 cm³/mol. The maximum atomic E-state index is 13.7. The van der Waals surface area contributed by atoms with Gasteiger partial charge in [0.2, 0.25) is 9.84 Å². The maximum Gasteiger partial charge on any atom is 0.208 e. The van der Waals surface area contributed by atoms with Crippen molar-refractivity contribution >= 4 is 9.84 Å². The van der Waals surface area contributed by atoms with Gasteiger partial charge in [0.15, 0.2) is 0 Å². The number of hydrogen-bond donors (Lipinski definition) is 0. The lowest BCUT2D eigenvalue weighted by atomic mass is 9.86. The van der Waals surface area contributed by atoms with E-state index in [4.69, 9.17) is 0 Å². The average molecular weight is 521 g/mol. The van der Waals surface area contributed by atoms with E-state index in [0.29, 0.717) is 9.79 Å². The fourth-order valence-corrected chi connectivity index (χ4v) is 7.61. The zero-order valence-electron chi connectivity index (χ0n) is 21.1. The van der Waals surface area contributed by atoms with Gasteiger partial charge in [0.25, 0.3) is 0 Å². The maximum absolute atomic E-state index is 13.7. The average Bonchev–Trinajstić information content (AvgIpc) is 3.24. The van der Waals surface area contributed by atoms with Gasteiger partial charge in [-0.2, -0.15) is 0 Å². The van der Waals surface area contributed by atoms with Crippen LogP contribution in [0.15, 0.2) is 155 Å². The van der Waals surface area contributed by atoms with Crippen molar-refractivity contribution in [3.8, 4) is 55.6 Å². The van der Waals surface area contributed by atoms with E-state index in [9.17, 15) is 8.42 Å². The summed E-state index contributed by atoms with van der Waals surface area (Å²) in [5, 5.41) is 0. The molecular formula is C36H24O2S. The zero-order valence-corrected chi connectivity index (χ0v) is 21.9. The van der Waals surface area contributed by atoms with Gasteiger partial charge >= 0.3 is 0 Å². The Morgan fingerprint density at radius 2 is 0.821 bits per heavy atom.